The first kappa shape index (κ1) is 21.6. The maximum atomic E-state index is 8.85. The average molecular weight is 466 g/mol. The number of fused-ring (bicyclic) bond motifs is 3. The van der Waals surface area contributed by atoms with Gasteiger partial charge in [0.05, 0.1) is 5.56 Å². The topological polar surface area (TPSA) is 75.4 Å². The van der Waals surface area contributed by atoms with Crippen molar-refractivity contribution < 1.29 is 4.42 Å². The standard InChI is InChI=1S/C32H23N3O/c33-31(35-32(34)28-16-9-15-27-26-14-7-8-17-29(26)36-30(27)28)25-19-23(21-10-3-1-4-11-21)18-24(20-25)22-12-5-2-6-13-22/h1-20H,(H3,33,34,35). The number of amidine groups is 2. The van der Waals surface area contributed by atoms with Crippen molar-refractivity contribution >= 4 is 33.6 Å². The zero-order valence-corrected chi connectivity index (χ0v) is 19.5. The number of aliphatic imine (C=N–C) groups is 1. The molecule has 0 radical (unpaired) electrons. The summed E-state index contributed by atoms with van der Waals surface area (Å²) < 4.78 is 6.11. The van der Waals surface area contributed by atoms with Gasteiger partial charge >= 0.3 is 0 Å². The van der Waals surface area contributed by atoms with Gasteiger partial charge < -0.3 is 10.2 Å². The van der Waals surface area contributed by atoms with E-state index in [2.05, 4.69) is 35.3 Å². The predicted octanol–water partition coefficient (Wildman–Crippen LogP) is 7.65. The molecule has 0 aliphatic heterocycles. The van der Waals surface area contributed by atoms with Crippen LogP contribution < -0.4 is 5.73 Å². The third kappa shape index (κ3) is 3.95. The molecule has 5 aromatic carbocycles. The summed E-state index contributed by atoms with van der Waals surface area (Å²) >= 11 is 0. The normalized spacial score (nSPS) is 11.7. The Labute approximate surface area is 208 Å². The van der Waals surface area contributed by atoms with Crippen molar-refractivity contribution in [2.45, 2.75) is 0 Å². The van der Waals surface area contributed by atoms with Crippen LogP contribution in [0.5, 0.6) is 0 Å². The van der Waals surface area contributed by atoms with Crippen molar-refractivity contribution in [1.82, 2.24) is 0 Å². The molecule has 0 aliphatic carbocycles. The van der Waals surface area contributed by atoms with Crippen molar-refractivity contribution in [3.63, 3.8) is 0 Å². The molecule has 3 N–H and O–H groups in total. The van der Waals surface area contributed by atoms with E-state index in [-0.39, 0.29) is 11.7 Å². The monoisotopic (exact) mass is 465 g/mol. The van der Waals surface area contributed by atoms with Crippen LogP contribution >= 0.6 is 0 Å². The summed E-state index contributed by atoms with van der Waals surface area (Å²) in [5.74, 6) is 0.339. The molecule has 6 rings (SSSR count). The molecule has 0 bridgehead atoms. The van der Waals surface area contributed by atoms with E-state index < -0.39 is 0 Å². The van der Waals surface area contributed by atoms with Crippen LogP contribution in [0.3, 0.4) is 0 Å². The molecule has 0 unspecified atom stereocenters. The first-order valence-corrected chi connectivity index (χ1v) is 11.8. The number of furan rings is 1. The molecule has 0 spiro atoms. The molecule has 6 aromatic rings. The third-order valence-electron chi connectivity index (χ3n) is 6.33. The van der Waals surface area contributed by atoms with Crippen LogP contribution in [0.1, 0.15) is 11.1 Å². The Balaban J connectivity index is 1.45. The molecule has 0 atom stereocenters. The van der Waals surface area contributed by atoms with Gasteiger partial charge in [0.1, 0.15) is 17.0 Å². The molecule has 1 heterocycles. The summed E-state index contributed by atoms with van der Waals surface area (Å²) in [4.78, 5) is 4.53. The molecule has 0 aliphatic rings. The second-order valence-corrected chi connectivity index (χ2v) is 8.66. The van der Waals surface area contributed by atoms with Crippen LogP contribution in [0.4, 0.5) is 0 Å². The number of nitrogens with one attached hydrogen (secondary N) is 1. The first-order chi connectivity index (χ1) is 17.7. The van der Waals surface area contributed by atoms with E-state index in [9.17, 15) is 0 Å². The molecule has 172 valence electrons. The fraction of sp³-hybridized carbons (Fsp3) is 0. The van der Waals surface area contributed by atoms with E-state index in [0.717, 1.165) is 38.6 Å². The summed E-state index contributed by atoms with van der Waals surface area (Å²) in [5.41, 5.74) is 13.5. The van der Waals surface area contributed by atoms with Gasteiger partial charge in [0.25, 0.3) is 0 Å². The molecule has 0 saturated carbocycles. The van der Waals surface area contributed by atoms with Crippen molar-refractivity contribution in [2.24, 2.45) is 10.7 Å². The summed E-state index contributed by atoms with van der Waals surface area (Å²) in [7, 11) is 0. The molecule has 0 saturated heterocycles. The lowest BCUT2D eigenvalue weighted by molar-refractivity contribution is 0.668. The number of hydrogen-bond acceptors (Lipinski definition) is 2. The lowest BCUT2D eigenvalue weighted by Crippen LogP contribution is -2.16. The molecular weight excluding hydrogens is 442 g/mol. The Morgan fingerprint density at radius 3 is 1.86 bits per heavy atom. The smallest absolute Gasteiger partial charge is 0.154 e. The first-order valence-electron chi connectivity index (χ1n) is 11.8. The van der Waals surface area contributed by atoms with E-state index in [1.807, 2.05) is 91.0 Å². The van der Waals surface area contributed by atoms with Crippen LogP contribution in [0.2, 0.25) is 0 Å². The number of nitrogens with two attached hydrogens (primary N) is 1. The maximum absolute atomic E-state index is 8.85. The number of hydrogen-bond donors (Lipinski definition) is 2. The molecule has 0 amide bonds. The highest BCUT2D eigenvalue weighted by Crippen LogP contribution is 2.31. The third-order valence-corrected chi connectivity index (χ3v) is 6.33. The van der Waals surface area contributed by atoms with Crippen LogP contribution in [0, 0.1) is 5.41 Å². The predicted molar refractivity (Wildman–Crippen MR) is 149 cm³/mol. The average Bonchev–Trinajstić information content (AvgIpc) is 3.32. The molecule has 0 fully saturated rings. The number of rotatable bonds is 4. The fourth-order valence-corrected chi connectivity index (χ4v) is 4.55. The summed E-state index contributed by atoms with van der Waals surface area (Å²) in [6, 6.07) is 40.2. The lowest BCUT2D eigenvalue weighted by Gasteiger charge is -2.11. The lowest BCUT2D eigenvalue weighted by atomic mass is 9.96. The Kier molecular flexibility index (Phi) is 5.39. The van der Waals surface area contributed by atoms with Gasteiger partial charge in [-0.25, -0.2) is 4.99 Å². The van der Waals surface area contributed by atoms with Gasteiger partial charge in [0.15, 0.2) is 5.84 Å². The SMILES string of the molecule is N=C(N=C(N)c1cccc2c1oc1ccccc12)c1cc(-c2ccccc2)cc(-c2ccccc2)c1. The zero-order valence-electron chi connectivity index (χ0n) is 19.5. The van der Waals surface area contributed by atoms with E-state index in [1.54, 1.807) is 0 Å². The molecular formula is C32H23N3O. The highest BCUT2D eigenvalue weighted by molar-refractivity contribution is 6.17. The summed E-state index contributed by atoms with van der Waals surface area (Å²) in [5, 5.41) is 10.9. The van der Waals surface area contributed by atoms with Gasteiger partial charge in [0, 0.05) is 16.3 Å². The molecule has 4 nitrogen and oxygen atoms in total. The number of benzene rings is 5. The van der Waals surface area contributed by atoms with Crippen molar-refractivity contribution in [3.8, 4) is 22.3 Å². The van der Waals surface area contributed by atoms with Crippen LogP contribution in [-0.2, 0) is 0 Å². The van der Waals surface area contributed by atoms with Crippen LogP contribution in [-0.4, -0.2) is 11.7 Å². The van der Waals surface area contributed by atoms with Gasteiger partial charge in [-0.1, -0.05) is 91.0 Å². The maximum Gasteiger partial charge on any atom is 0.154 e. The molecule has 36 heavy (non-hydrogen) atoms. The second-order valence-electron chi connectivity index (χ2n) is 8.66. The fourth-order valence-electron chi connectivity index (χ4n) is 4.55. The van der Waals surface area contributed by atoms with Crippen LogP contribution in [0.25, 0.3) is 44.2 Å². The van der Waals surface area contributed by atoms with Crippen molar-refractivity contribution in [1.29, 1.82) is 5.41 Å². The Morgan fingerprint density at radius 2 is 1.19 bits per heavy atom. The minimum atomic E-state index is 0.0931. The Bertz CT molecular complexity index is 1690. The second kappa shape index (κ2) is 9.01. The van der Waals surface area contributed by atoms with E-state index in [0.29, 0.717) is 16.7 Å². The number of nitrogens with zero attached hydrogens (tertiary/aromatic N) is 1. The van der Waals surface area contributed by atoms with E-state index in [1.165, 1.54) is 0 Å². The van der Waals surface area contributed by atoms with Crippen LogP contribution in [0.15, 0.2) is 131 Å². The Hall–Kier alpha value is -4.96. The highest BCUT2D eigenvalue weighted by Gasteiger charge is 2.14. The largest absolute Gasteiger partial charge is 0.455 e. The Morgan fingerprint density at radius 1 is 0.611 bits per heavy atom. The van der Waals surface area contributed by atoms with Crippen molar-refractivity contribution in [3.05, 3.63) is 132 Å². The van der Waals surface area contributed by atoms with Gasteiger partial charge in [-0.15, -0.1) is 0 Å². The van der Waals surface area contributed by atoms with Gasteiger partial charge in [0.2, 0.25) is 0 Å². The summed E-state index contributed by atoms with van der Waals surface area (Å²) in [6.07, 6.45) is 0. The highest BCUT2D eigenvalue weighted by atomic mass is 16.3. The molecule has 4 heteroatoms. The number of para-hydroxylation sites is 2. The summed E-state index contributed by atoms with van der Waals surface area (Å²) in [6.45, 7) is 0. The van der Waals surface area contributed by atoms with Crippen molar-refractivity contribution in [2.75, 3.05) is 0 Å². The van der Waals surface area contributed by atoms with E-state index >= 15 is 0 Å². The van der Waals surface area contributed by atoms with E-state index in [4.69, 9.17) is 15.6 Å². The zero-order chi connectivity index (χ0) is 24.5. The quantitative estimate of drug-likeness (QED) is 0.207. The van der Waals surface area contributed by atoms with Gasteiger partial charge in [-0.3, -0.25) is 5.41 Å². The minimum absolute atomic E-state index is 0.0931. The van der Waals surface area contributed by atoms with Gasteiger partial charge in [-0.2, -0.15) is 0 Å². The van der Waals surface area contributed by atoms with Gasteiger partial charge in [-0.05, 0) is 52.6 Å². The molecule has 1 aromatic heterocycles. The minimum Gasteiger partial charge on any atom is -0.455 e.